The van der Waals surface area contributed by atoms with Crippen molar-refractivity contribution in [2.75, 3.05) is 7.11 Å². The Morgan fingerprint density at radius 2 is 1.91 bits per heavy atom. The van der Waals surface area contributed by atoms with Crippen molar-refractivity contribution in [3.8, 4) is 23.1 Å². The lowest BCUT2D eigenvalue weighted by Crippen LogP contribution is -2.17. The Kier molecular flexibility index (Phi) is 4.99. The van der Waals surface area contributed by atoms with Crippen LogP contribution < -0.4 is 4.74 Å². The fourth-order valence-electron chi connectivity index (χ4n) is 3.94. The molecule has 33 heavy (non-hydrogen) atoms. The molecule has 0 bridgehead atoms. The predicted molar refractivity (Wildman–Crippen MR) is 114 cm³/mol. The monoisotopic (exact) mass is 452 g/mol. The van der Waals surface area contributed by atoms with Crippen LogP contribution in [0.1, 0.15) is 28.6 Å². The van der Waals surface area contributed by atoms with E-state index in [4.69, 9.17) is 4.74 Å². The molecule has 0 unspecified atom stereocenters. The van der Waals surface area contributed by atoms with Crippen molar-refractivity contribution < 1.29 is 17.9 Å². The molecule has 0 saturated heterocycles. The topological polar surface area (TPSA) is 70.7 Å². The van der Waals surface area contributed by atoms with Gasteiger partial charge in [-0.3, -0.25) is 0 Å². The molecule has 0 aliphatic carbocycles. The number of methoxy groups -OCH3 is 1. The summed E-state index contributed by atoms with van der Waals surface area (Å²) in [5, 5.41) is 4.51. The van der Waals surface area contributed by atoms with Crippen LogP contribution in [0, 0.1) is 6.92 Å². The van der Waals surface area contributed by atoms with E-state index in [1.165, 1.54) is 19.2 Å². The average Bonchev–Trinajstić information content (AvgIpc) is 3.44. The van der Waals surface area contributed by atoms with Gasteiger partial charge in [0.25, 0.3) is 0 Å². The molecule has 0 radical (unpaired) electrons. The van der Waals surface area contributed by atoms with Gasteiger partial charge in [-0.15, -0.1) is 5.10 Å². The molecular formula is C23H19F3N6O. The van der Waals surface area contributed by atoms with E-state index in [0.717, 1.165) is 11.8 Å². The molecule has 4 aromatic rings. The van der Waals surface area contributed by atoms with E-state index in [-0.39, 0.29) is 5.56 Å². The third-order valence-corrected chi connectivity index (χ3v) is 5.44. The first-order valence-corrected chi connectivity index (χ1v) is 10.2. The molecule has 5 rings (SSSR count). The van der Waals surface area contributed by atoms with E-state index in [2.05, 4.69) is 20.1 Å². The fraction of sp³-hybridized carbons (Fsp3) is 0.217. The number of allylic oxidation sites excluding steroid dienone is 2. The van der Waals surface area contributed by atoms with Gasteiger partial charge in [0.05, 0.1) is 37.2 Å². The summed E-state index contributed by atoms with van der Waals surface area (Å²) in [6.45, 7) is 2.29. The Labute approximate surface area is 187 Å². The lowest BCUT2D eigenvalue weighted by atomic mass is 9.91. The Bertz CT molecular complexity index is 1350. The molecule has 7 nitrogen and oxygen atoms in total. The molecule has 0 N–H and O–H groups in total. The summed E-state index contributed by atoms with van der Waals surface area (Å²) >= 11 is 0. The van der Waals surface area contributed by atoms with E-state index in [0.29, 0.717) is 35.5 Å². The van der Waals surface area contributed by atoms with Crippen LogP contribution in [0.5, 0.6) is 5.88 Å². The van der Waals surface area contributed by atoms with Crippen molar-refractivity contribution in [2.24, 2.45) is 0 Å². The third-order valence-electron chi connectivity index (χ3n) is 5.44. The highest BCUT2D eigenvalue weighted by Gasteiger charge is 2.36. The van der Waals surface area contributed by atoms with E-state index in [9.17, 15) is 13.2 Å². The van der Waals surface area contributed by atoms with Gasteiger partial charge in [-0.25, -0.2) is 19.6 Å². The maximum absolute atomic E-state index is 13.6. The fourth-order valence-corrected chi connectivity index (χ4v) is 3.94. The number of benzene rings is 1. The summed E-state index contributed by atoms with van der Waals surface area (Å²) in [6.07, 6.45) is 2.57. The van der Waals surface area contributed by atoms with Crippen molar-refractivity contribution >= 4 is 0 Å². The molecule has 1 aliphatic rings. The second-order valence-electron chi connectivity index (χ2n) is 7.61. The molecule has 0 saturated carbocycles. The number of imidazole rings is 1. The van der Waals surface area contributed by atoms with Crippen LogP contribution in [0.2, 0.25) is 0 Å². The SMILES string of the molecule is COc1nc(-c2nc3n(n2)CC=C[C@@H]3c2ccccc2C(F)(F)F)ccc1-n1cnc(C)c1. The van der Waals surface area contributed by atoms with Crippen LogP contribution in [0.4, 0.5) is 13.2 Å². The second-order valence-corrected chi connectivity index (χ2v) is 7.61. The number of aromatic nitrogens is 6. The summed E-state index contributed by atoms with van der Waals surface area (Å²) in [5.74, 6) is 0.428. The smallest absolute Gasteiger partial charge is 0.416 e. The lowest BCUT2D eigenvalue weighted by Gasteiger charge is -2.21. The van der Waals surface area contributed by atoms with Gasteiger partial charge in [0.15, 0.2) is 5.82 Å². The first kappa shape index (κ1) is 20.9. The molecule has 0 spiro atoms. The Morgan fingerprint density at radius 3 is 2.64 bits per heavy atom. The number of ether oxygens (including phenoxy) is 1. The molecule has 168 valence electrons. The zero-order valence-electron chi connectivity index (χ0n) is 17.8. The minimum atomic E-state index is -4.47. The summed E-state index contributed by atoms with van der Waals surface area (Å²) in [7, 11) is 1.51. The van der Waals surface area contributed by atoms with Gasteiger partial charge >= 0.3 is 6.18 Å². The zero-order chi connectivity index (χ0) is 23.2. The highest BCUT2D eigenvalue weighted by Crippen LogP contribution is 2.39. The Balaban J connectivity index is 1.55. The Hall–Kier alpha value is -3.95. The van der Waals surface area contributed by atoms with Crippen molar-refractivity contribution in [1.82, 2.24) is 29.3 Å². The number of aryl methyl sites for hydroxylation is 1. The van der Waals surface area contributed by atoms with E-state index in [1.54, 1.807) is 39.9 Å². The zero-order valence-corrected chi connectivity index (χ0v) is 17.8. The van der Waals surface area contributed by atoms with Gasteiger partial charge in [-0.2, -0.15) is 13.2 Å². The van der Waals surface area contributed by atoms with Crippen molar-refractivity contribution in [3.05, 3.63) is 83.7 Å². The highest BCUT2D eigenvalue weighted by atomic mass is 19.4. The van der Waals surface area contributed by atoms with Gasteiger partial charge in [0, 0.05) is 6.20 Å². The predicted octanol–water partition coefficient (Wildman–Crippen LogP) is 4.56. The summed E-state index contributed by atoms with van der Waals surface area (Å²) in [6, 6.07) is 9.11. The van der Waals surface area contributed by atoms with Gasteiger partial charge < -0.3 is 9.30 Å². The summed E-state index contributed by atoms with van der Waals surface area (Å²) < 4.78 is 49.7. The standard InChI is InChI=1S/C23H19F3N6O/c1-14-12-31(13-27-14)19-10-9-18(28-22(19)33-2)20-29-21-16(7-5-11-32(21)30-20)15-6-3-4-8-17(15)23(24,25)26/h3-10,12-13,16H,11H2,1-2H3/t16-/m1/s1. The summed E-state index contributed by atoms with van der Waals surface area (Å²) in [5.41, 5.74) is 1.46. The number of nitrogens with zero attached hydrogens (tertiary/aromatic N) is 6. The lowest BCUT2D eigenvalue weighted by molar-refractivity contribution is -0.138. The van der Waals surface area contributed by atoms with Crippen molar-refractivity contribution in [3.63, 3.8) is 0 Å². The average molecular weight is 452 g/mol. The molecular weight excluding hydrogens is 433 g/mol. The molecule has 0 fully saturated rings. The molecule has 3 aromatic heterocycles. The molecule has 4 heterocycles. The highest BCUT2D eigenvalue weighted by molar-refractivity contribution is 5.56. The van der Waals surface area contributed by atoms with Gasteiger partial charge in [-0.1, -0.05) is 30.4 Å². The number of fused-ring (bicyclic) bond motifs is 1. The molecule has 0 amide bonds. The number of pyridine rings is 1. The van der Waals surface area contributed by atoms with Crippen molar-refractivity contribution in [1.29, 1.82) is 0 Å². The third kappa shape index (κ3) is 3.77. The van der Waals surface area contributed by atoms with Crippen LogP contribution in [-0.2, 0) is 12.7 Å². The van der Waals surface area contributed by atoms with Crippen LogP contribution in [0.3, 0.4) is 0 Å². The van der Waals surface area contributed by atoms with Crippen LogP contribution in [-0.4, -0.2) is 36.4 Å². The first-order chi connectivity index (χ1) is 15.8. The first-order valence-electron chi connectivity index (χ1n) is 10.2. The maximum atomic E-state index is 13.6. The molecule has 1 aliphatic heterocycles. The van der Waals surface area contributed by atoms with Gasteiger partial charge in [0.1, 0.15) is 17.2 Å². The largest absolute Gasteiger partial charge is 0.479 e. The number of rotatable bonds is 4. The van der Waals surface area contributed by atoms with Crippen LogP contribution in [0.15, 0.2) is 61.1 Å². The van der Waals surface area contributed by atoms with E-state index in [1.807, 2.05) is 19.2 Å². The van der Waals surface area contributed by atoms with Crippen LogP contribution >= 0.6 is 0 Å². The van der Waals surface area contributed by atoms with E-state index >= 15 is 0 Å². The summed E-state index contributed by atoms with van der Waals surface area (Å²) in [4.78, 5) is 13.3. The van der Waals surface area contributed by atoms with Crippen molar-refractivity contribution in [2.45, 2.75) is 25.6 Å². The van der Waals surface area contributed by atoms with Gasteiger partial charge in [-0.05, 0) is 30.7 Å². The Morgan fingerprint density at radius 1 is 1.09 bits per heavy atom. The van der Waals surface area contributed by atoms with Crippen LogP contribution in [0.25, 0.3) is 17.2 Å². The second kappa shape index (κ2) is 7.88. The molecule has 10 heteroatoms. The number of halogens is 3. The number of hydrogen-bond donors (Lipinski definition) is 0. The van der Waals surface area contributed by atoms with Gasteiger partial charge in [0.2, 0.25) is 5.88 Å². The maximum Gasteiger partial charge on any atom is 0.416 e. The minimum absolute atomic E-state index is 0.137. The normalized spacial score (nSPS) is 15.5. The molecule has 1 aromatic carbocycles. The quantitative estimate of drug-likeness (QED) is 0.425. The minimum Gasteiger partial charge on any atom is -0.479 e. The molecule has 1 atom stereocenters. The number of alkyl halides is 3. The van der Waals surface area contributed by atoms with E-state index < -0.39 is 17.7 Å². The number of hydrogen-bond acceptors (Lipinski definition) is 5.